The molecule has 31 heavy (non-hydrogen) atoms. The number of nitrogens with one attached hydrogen (secondary N) is 1. The van der Waals surface area contributed by atoms with Crippen molar-refractivity contribution >= 4 is 23.3 Å². The predicted octanol–water partition coefficient (Wildman–Crippen LogP) is 2.49. The number of aromatic carboxylic acids is 1. The van der Waals surface area contributed by atoms with Crippen LogP contribution in [0, 0.1) is 11.8 Å². The fourth-order valence-corrected chi connectivity index (χ4v) is 3.82. The van der Waals surface area contributed by atoms with Crippen molar-refractivity contribution in [1.82, 2.24) is 9.88 Å². The van der Waals surface area contributed by atoms with Crippen LogP contribution in [0.4, 0.5) is 20.2 Å². The number of carboxylic acids is 1. The number of carbonyl (C=O) groups is 2. The molecule has 2 aliphatic heterocycles. The Kier molecular flexibility index (Phi) is 5.73. The molecule has 10 heteroatoms. The van der Waals surface area contributed by atoms with Gasteiger partial charge in [-0.2, -0.15) is 4.39 Å². The Morgan fingerprint density at radius 3 is 2.65 bits per heavy atom. The zero-order chi connectivity index (χ0) is 22.1. The van der Waals surface area contributed by atoms with Crippen molar-refractivity contribution in [3.05, 3.63) is 47.3 Å². The Labute approximate surface area is 177 Å². The van der Waals surface area contributed by atoms with Crippen LogP contribution in [0.5, 0.6) is 5.75 Å². The Morgan fingerprint density at radius 1 is 1.26 bits per heavy atom. The summed E-state index contributed by atoms with van der Waals surface area (Å²) in [6.45, 7) is 4.47. The molecule has 164 valence electrons. The lowest BCUT2D eigenvalue weighted by Gasteiger charge is -2.36. The first-order valence-corrected chi connectivity index (χ1v) is 10.0. The van der Waals surface area contributed by atoms with Crippen LogP contribution in [0.15, 0.2) is 24.3 Å². The van der Waals surface area contributed by atoms with Gasteiger partial charge in [0.1, 0.15) is 0 Å². The smallest absolute Gasteiger partial charge is 0.354 e. The lowest BCUT2D eigenvalue weighted by Crippen LogP contribution is -2.46. The molecule has 8 nitrogen and oxygen atoms in total. The summed E-state index contributed by atoms with van der Waals surface area (Å²) >= 11 is 0. The Balaban J connectivity index is 1.41. The first-order valence-electron chi connectivity index (χ1n) is 10.0. The molecule has 0 saturated carbocycles. The number of hydrogen-bond acceptors (Lipinski definition) is 6. The number of rotatable bonds is 5. The van der Waals surface area contributed by atoms with Crippen molar-refractivity contribution in [2.24, 2.45) is 0 Å². The fourth-order valence-electron chi connectivity index (χ4n) is 3.82. The summed E-state index contributed by atoms with van der Waals surface area (Å²) in [6, 6.07) is 5.82. The highest BCUT2D eigenvalue weighted by molar-refractivity contribution is 5.97. The van der Waals surface area contributed by atoms with Gasteiger partial charge in [0.2, 0.25) is 5.95 Å². The molecule has 1 atom stereocenters. The summed E-state index contributed by atoms with van der Waals surface area (Å²) < 4.78 is 34.2. The summed E-state index contributed by atoms with van der Waals surface area (Å²) in [5, 5.41) is 11.6. The first-order chi connectivity index (χ1) is 14.9. The number of nitrogens with zero attached hydrogens (tertiary/aromatic N) is 3. The molecule has 2 aliphatic rings. The van der Waals surface area contributed by atoms with E-state index in [4.69, 9.17) is 9.84 Å². The minimum absolute atomic E-state index is 0.0628. The molecule has 1 amide bonds. The highest BCUT2D eigenvalue weighted by atomic mass is 19.1. The van der Waals surface area contributed by atoms with E-state index in [1.807, 2.05) is 0 Å². The zero-order valence-electron chi connectivity index (χ0n) is 16.9. The molecule has 1 aromatic carbocycles. The van der Waals surface area contributed by atoms with Crippen molar-refractivity contribution in [2.45, 2.75) is 26.0 Å². The number of amides is 1. The highest BCUT2D eigenvalue weighted by Crippen LogP contribution is 2.34. The zero-order valence-corrected chi connectivity index (χ0v) is 16.9. The summed E-state index contributed by atoms with van der Waals surface area (Å²) in [5.41, 5.74) is 0.947. The minimum atomic E-state index is -1.28. The van der Waals surface area contributed by atoms with Crippen LogP contribution in [0.3, 0.4) is 0 Å². The second-order valence-electron chi connectivity index (χ2n) is 7.53. The summed E-state index contributed by atoms with van der Waals surface area (Å²) in [4.78, 5) is 30.3. The van der Waals surface area contributed by atoms with Gasteiger partial charge in [0.05, 0.1) is 11.4 Å². The molecule has 2 aromatic rings. The summed E-state index contributed by atoms with van der Waals surface area (Å²) in [5.74, 6) is -2.83. The standard InChI is InChI=1S/C21H22F2N4O4/c1-2-17-20(28)25-15-10-12(9-13(22)18(15)31-17)11-26-5-7-27(8-6-26)16-4-3-14(21(29)30)24-19(16)23/h3-4,9-10,17H,2,5-8,11H2,1H3,(H,25,28)(H,29,30). The number of piperazine rings is 1. The average Bonchev–Trinajstić information content (AvgIpc) is 2.74. The first kappa shape index (κ1) is 21.0. The number of anilines is 2. The molecule has 1 saturated heterocycles. The number of pyridine rings is 1. The van der Waals surface area contributed by atoms with E-state index in [1.54, 1.807) is 17.9 Å². The molecule has 0 bridgehead atoms. The monoisotopic (exact) mass is 432 g/mol. The van der Waals surface area contributed by atoms with E-state index < -0.39 is 23.8 Å². The van der Waals surface area contributed by atoms with Crippen LogP contribution < -0.4 is 15.0 Å². The van der Waals surface area contributed by atoms with Crippen LogP contribution in [0.1, 0.15) is 29.4 Å². The van der Waals surface area contributed by atoms with Gasteiger partial charge >= 0.3 is 5.97 Å². The molecule has 4 rings (SSSR count). The van der Waals surface area contributed by atoms with Crippen molar-refractivity contribution in [2.75, 3.05) is 36.4 Å². The number of fused-ring (bicyclic) bond motifs is 1. The van der Waals surface area contributed by atoms with Crippen LogP contribution in [-0.4, -0.2) is 59.1 Å². The van der Waals surface area contributed by atoms with Gasteiger partial charge in [-0.15, -0.1) is 0 Å². The number of carboxylic acid groups (broad SMARTS) is 1. The van der Waals surface area contributed by atoms with E-state index in [-0.39, 0.29) is 23.0 Å². The molecule has 2 N–H and O–H groups in total. The van der Waals surface area contributed by atoms with Gasteiger partial charge in [-0.05, 0) is 36.2 Å². The van der Waals surface area contributed by atoms with Crippen molar-refractivity contribution < 1.29 is 28.2 Å². The Bertz CT molecular complexity index is 1020. The maximum atomic E-state index is 14.5. The van der Waals surface area contributed by atoms with E-state index in [0.717, 1.165) is 0 Å². The van der Waals surface area contributed by atoms with Crippen LogP contribution >= 0.6 is 0 Å². The molecule has 1 unspecified atom stereocenters. The van der Waals surface area contributed by atoms with Gasteiger partial charge in [-0.3, -0.25) is 9.69 Å². The topological polar surface area (TPSA) is 95.0 Å². The normalized spacial score (nSPS) is 18.9. The number of carbonyl (C=O) groups excluding carboxylic acids is 1. The van der Waals surface area contributed by atoms with E-state index in [9.17, 15) is 18.4 Å². The van der Waals surface area contributed by atoms with Gasteiger partial charge in [0, 0.05) is 32.7 Å². The molecular formula is C21H22F2N4O4. The van der Waals surface area contributed by atoms with Gasteiger partial charge in [0.25, 0.3) is 5.91 Å². The lowest BCUT2D eigenvalue weighted by atomic mass is 10.1. The van der Waals surface area contributed by atoms with E-state index in [1.165, 1.54) is 18.2 Å². The molecule has 1 fully saturated rings. The third-order valence-electron chi connectivity index (χ3n) is 5.45. The summed E-state index contributed by atoms with van der Waals surface area (Å²) in [6.07, 6.45) is -0.244. The summed E-state index contributed by atoms with van der Waals surface area (Å²) in [7, 11) is 0. The largest absolute Gasteiger partial charge is 0.477 e. The predicted molar refractivity (Wildman–Crippen MR) is 108 cm³/mol. The van der Waals surface area contributed by atoms with Gasteiger partial charge < -0.3 is 20.1 Å². The number of ether oxygens (including phenoxy) is 1. The lowest BCUT2D eigenvalue weighted by molar-refractivity contribution is -0.123. The third-order valence-corrected chi connectivity index (χ3v) is 5.45. The minimum Gasteiger partial charge on any atom is -0.477 e. The number of aromatic nitrogens is 1. The van der Waals surface area contributed by atoms with Crippen LogP contribution in [0.2, 0.25) is 0 Å². The molecular weight excluding hydrogens is 410 g/mol. The SMILES string of the molecule is CCC1Oc2c(F)cc(CN3CCN(c4ccc(C(=O)O)nc4F)CC3)cc2NC1=O. The quantitative estimate of drug-likeness (QED) is 0.701. The van der Waals surface area contributed by atoms with E-state index in [0.29, 0.717) is 50.4 Å². The maximum absolute atomic E-state index is 14.5. The Hall–Kier alpha value is -3.27. The van der Waals surface area contributed by atoms with Crippen LogP contribution in [0.25, 0.3) is 0 Å². The molecule has 0 aliphatic carbocycles. The second-order valence-corrected chi connectivity index (χ2v) is 7.53. The average molecular weight is 432 g/mol. The number of benzene rings is 1. The van der Waals surface area contributed by atoms with Gasteiger partial charge in [-0.1, -0.05) is 6.92 Å². The molecule has 0 spiro atoms. The molecule has 1 aromatic heterocycles. The second kappa shape index (κ2) is 8.46. The van der Waals surface area contributed by atoms with Crippen molar-refractivity contribution in [1.29, 1.82) is 0 Å². The highest BCUT2D eigenvalue weighted by Gasteiger charge is 2.29. The number of halogens is 2. The van der Waals surface area contributed by atoms with Crippen LogP contribution in [-0.2, 0) is 11.3 Å². The van der Waals surface area contributed by atoms with Gasteiger partial charge in [0.15, 0.2) is 23.4 Å². The van der Waals surface area contributed by atoms with Crippen molar-refractivity contribution in [3.8, 4) is 5.75 Å². The van der Waals surface area contributed by atoms with Crippen molar-refractivity contribution in [3.63, 3.8) is 0 Å². The molecule has 0 radical (unpaired) electrons. The fraction of sp³-hybridized carbons (Fsp3) is 0.381. The maximum Gasteiger partial charge on any atom is 0.354 e. The van der Waals surface area contributed by atoms with E-state index >= 15 is 0 Å². The molecule has 3 heterocycles. The number of hydrogen-bond donors (Lipinski definition) is 2. The van der Waals surface area contributed by atoms with E-state index in [2.05, 4.69) is 15.2 Å². The third kappa shape index (κ3) is 4.29. The van der Waals surface area contributed by atoms with Gasteiger partial charge in [-0.25, -0.2) is 14.2 Å². The Morgan fingerprint density at radius 2 is 2.00 bits per heavy atom.